The topological polar surface area (TPSA) is 66.7 Å². The van der Waals surface area contributed by atoms with E-state index in [4.69, 9.17) is 0 Å². The van der Waals surface area contributed by atoms with Crippen molar-refractivity contribution in [3.8, 4) is 0 Å². The van der Waals surface area contributed by atoms with Crippen LogP contribution in [-0.2, 0) is 9.09 Å². The fourth-order valence-electron chi connectivity index (χ4n) is 0.332. The van der Waals surface area contributed by atoms with Crippen LogP contribution in [-0.4, -0.2) is 5.64 Å². The van der Waals surface area contributed by atoms with Gasteiger partial charge in [0, 0.05) is 0 Å². The van der Waals surface area contributed by atoms with Crippen LogP contribution in [0.5, 0.6) is 0 Å². The van der Waals surface area contributed by atoms with Gasteiger partial charge >= 0.3 is 13.2 Å². The normalized spacial score (nSPS) is 42.0. The first-order valence-electron chi connectivity index (χ1n) is 1.62. The van der Waals surface area contributed by atoms with Gasteiger partial charge in [-0.1, -0.05) is 9.99 Å². The maximum Gasteiger partial charge on any atom is 0.469 e. The van der Waals surface area contributed by atoms with Crippen molar-refractivity contribution in [2.75, 3.05) is 0 Å². The molecule has 5 nitrogen and oxygen atoms in total. The number of rotatable bonds is 0. The maximum atomic E-state index is 10.5. The molecule has 1 unspecified atom stereocenters. The fraction of sp³-hybridized carbons (Fsp3) is 0. The van der Waals surface area contributed by atoms with Gasteiger partial charge in [0.05, 0.1) is 0 Å². The van der Waals surface area contributed by atoms with Crippen molar-refractivity contribution in [2.45, 2.75) is 0 Å². The van der Waals surface area contributed by atoms with Gasteiger partial charge in [0.1, 0.15) is 0 Å². The van der Waals surface area contributed by atoms with E-state index in [1.165, 1.54) is 0 Å². The molecule has 36 valence electrons. The largest absolute Gasteiger partial charge is 0.469 e. The van der Waals surface area contributed by atoms with Gasteiger partial charge in [-0.25, -0.2) is 4.57 Å². The number of hydrogen-bond acceptors (Lipinski definition) is 4. The maximum absolute atomic E-state index is 10.5. The second-order valence-electron chi connectivity index (χ2n) is 1.17. The summed E-state index contributed by atoms with van der Waals surface area (Å²) in [6.07, 6.45) is 0. The van der Waals surface area contributed by atoms with E-state index in [1.54, 1.807) is 0 Å². The molecular weight excluding hydrogens is 117 g/mol. The molecule has 0 saturated carbocycles. The van der Waals surface area contributed by atoms with Crippen molar-refractivity contribution in [1.29, 1.82) is 0 Å². The molecule has 0 aliphatic carbocycles. The lowest BCUT2D eigenvalue weighted by molar-refractivity contribution is 0.543. The van der Waals surface area contributed by atoms with Gasteiger partial charge in [-0.2, -0.15) is 0 Å². The Hall–Kier alpha value is -0.700. The van der Waals surface area contributed by atoms with Gasteiger partial charge in [-0.05, 0) is 5.22 Å². The zero-order valence-electron chi connectivity index (χ0n) is 3.11. The Bertz CT molecular complexity index is 217. The van der Waals surface area contributed by atoms with Crippen LogP contribution in [0.25, 0.3) is 0 Å². The Morgan fingerprint density at radius 1 is 1.71 bits per heavy atom. The van der Waals surface area contributed by atoms with Crippen LogP contribution in [0.1, 0.15) is 0 Å². The van der Waals surface area contributed by atoms with Gasteiger partial charge in [-0.15, -0.1) is 0 Å². The highest BCUT2D eigenvalue weighted by Crippen LogP contribution is 2.69. The molecule has 1 fully saturated rings. The van der Waals surface area contributed by atoms with E-state index >= 15 is 0 Å². The molecule has 0 N–H and O–H groups in total. The zero-order chi connectivity index (χ0) is 4.91. The van der Waals surface area contributed by atoms with E-state index in [2.05, 4.69) is 19.7 Å². The molecule has 0 bridgehead atoms. The van der Waals surface area contributed by atoms with E-state index in [0.29, 0.717) is 0 Å². The van der Waals surface area contributed by atoms with Crippen molar-refractivity contribution in [3.05, 3.63) is 0 Å². The molecule has 2 heterocycles. The Labute approximate surface area is 38.6 Å². The van der Waals surface area contributed by atoms with Crippen molar-refractivity contribution < 1.29 is 9.09 Å². The SMILES string of the molecule is O=P12N=NN=C1O2. The summed E-state index contributed by atoms with van der Waals surface area (Å²) in [6.45, 7) is 0. The molecule has 7 heavy (non-hydrogen) atoms. The lowest BCUT2D eigenvalue weighted by Crippen LogP contribution is -1.50. The van der Waals surface area contributed by atoms with Gasteiger partial charge in [-0.3, -0.25) is 0 Å². The van der Waals surface area contributed by atoms with Crippen LogP contribution in [0.2, 0.25) is 0 Å². The predicted octanol–water partition coefficient (Wildman–Crippen LogP) is 0.946. The molecule has 0 radical (unpaired) electrons. The van der Waals surface area contributed by atoms with Gasteiger partial charge < -0.3 is 4.52 Å². The van der Waals surface area contributed by atoms with Gasteiger partial charge in [0.15, 0.2) is 0 Å². The molecule has 0 aromatic rings. The van der Waals surface area contributed by atoms with E-state index in [1.807, 2.05) is 0 Å². The Balaban J connectivity index is 2.71. The number of hydrogen-bond donors (Lipinski definition) is 0. The first-order valence-corrected chi connectivity index (χ1v) is 3.19. The fourth-order valence-corrected chi connectivity index (χ4v) is 1.17. The van der Waals surface area contributed by atoms with Crippen LogP contribution in [0, 0.1) is 0 Å². The van der Waals surface area contributed by atoms with Crippen molar-refractivity contribution in [3.63, 3.8) is 0 Å². The minimum Gasteiger partial charge on any atom is -0.393 e. The summed E-state index contributed by atoms with van der Waals surface area (Å²) in [5, 5.41) is 6.38. The highest BCUT2D eigenvalue weighted by molar-refractivity contribution is 7.84. The third-order valence-electron chi connectivity index (χ3n) is 0.703. The molecule has 0 aromatic heterocycles. The highest BCUT2D eigenvalue weighted by atomic mass is 31.2. The first kappa shape index (κ1) is 3.32. The average molecular weight is 117 g/mol. The van der Waals surface area contributed by atoms with Crippen LogP contribution in [0.15, 0.2) is 15.2 Å². The number of fused-ring (bicyclic) bond motifs is 1. The van der Waals surface area contributed by atoms with Gasteiger partial charge in [0.2, 0.25) is 0 Å². The molecule has 1 saturated heterocycles. The third-order valence-corrected chi connectivity index (χ3v) is 1.94. The lowest BCUT2D eigenvalue weighted by atomic mass is 11.5. The molecule has 0 aromatic carbocycles. The highest BCUT2D eigenvalue weighted by Gasteiger charge is 2.56. The Kier molecular flexibility index (Phi) is 0.307. The number of nitrogens with zero attached hydrogens (tertiary/aromatic N) is 3. The molecule has 2 aliphatic heterocycles. The molecular formula is CN3O2P. The molecule has 0 amide bonds. The molecule has 2 rings (SSSR count). The monoisotopic (exact) mass is 117 g/mol. The summed E-state index contributed by atoms with van der Waals surface area (Å²) in [6, 6.07) is 0. The zero-order valence-corrected chi connectivity index (χ0v) is 4.00. The Morgan fingerprint density at radius 2 is 2.57 bits per heavy atom. The Morgan fingerprint density at radius 3 is 2.71 bits per heavy atom. The van der Waals surface area contributed by atoms with Crippen LogP contribution in [0.3, 0.4) is 0 Å². The second-order valence-corrected chi connectivity index (χ2v) is 2.96. The van der Waals surface area contributed by atoms with E-state index < -0.39 is 7.52 Å². The van der Waals surface area contributed by atoms with Crippen LogP contribution in [0.4, 0.5) is 0 Å². The molecule has 2 aliphatic rings. The van der Waals surface area contributed by atoms with E-state index in [9.17, 15) is 4.57 Å². The molecule has 0 spiro atoms. The predicted molar refractivity (Wildman–Crippen MR) is 21.0 cm³/mol. The summed E-state index contributed by atoms with van der Waals surface area (Å²) >= 11 is 0. The standard InChI is InChI=1S/CN3O2P/c5-7-1(6-7)2-3-4-7. The summed E-state index contributed by atoms with van der Waals surface area (Å²) < 4.78 is 14.9. The minimum atomic E-state index is -2.67. The quantitative estimate of drug-likeness (QED) is 0.350. The van der Waals surface area contributed by atoms with Crippen molar-refractivity contribution >= 4 is 13.2 Å². The van der Waals surface area contributed by atoms with Crippen molar-refractivity contribution in [1.82, 2.24) is 0 Å². The summed E-state index contributed by atoms with van der Waals surface area (Å²) in [7, 11) is -2.67. The second kappa shape index (κ2) is 0.648. The summed E-state index contributed by atoms with van der Waals surface area (Å²) in [4.78, 5) is 3.20. The summed E-state index contributed by atoms with van der Waals surface area (Å²) in [5.41, 5.74) is 0.201. The van der Waals surface area contributed by atoms with Crippen molar-refractivity contribution in [2.24, 2.45) is 15.2 Å². The molecule has 6 heteroatoms. The van der Waals surface area contributed by atoms with Gasteiger partial charge in [0.25, 0.3) is 0 Å². The lowest BCUT2D eigenvalue weighted by Gasteiger charge is -1.64. The van der Waals surface area contributed by atoms with E-state index in [0.717, 1.165) is 0 Å². The third kappa shape index (κ3) is 0.247. The smallest absolute Gasteiger partial charge is 0.393 e. The van der Waals surface area contributed by atoms with Crippen LogP contribution >= 0.6 is 7.52 Å². The molecule has 1 atom stereocenters. The van der Waals surface area contributed by atoms with E-state index in [-0.39, 0.29) is 5.64 Å². The average Bonchev–Trinajstić information content (AvgIpc) is 2.09. The first-order chi connectivity index (χ1) is 3.31. The van der Waals surface area contributed by atoms with Crippen LogP contribution < -0.4 is 0 Å². The minimum absolute atomic E-state index is 0.201. The summed E-state index contributed by atoms with van der Waals surface area (Å²) in [5.74, 6) is 0.